The lowest BCUT2D eigenvalue weighted by atomic mass is 9.96. The molecule has 8 heteroatoms. The van der Waals surface area contributed by atoms with Gasteiger partial charge in [0.15, 0.2) is 0 Å². The van der Waals surface area contributed by atoms with Gasteiger partial charge in [-0.2, -0.15) is 8.42 Å². The van der Waals surface area contributed by atoms with Crippen LogP contribution in [0.25, 0.3) is 0 Å². The number of halogens is 2. The van der Waals surface area contributed by atoms with Crippen LogP contribution in [-0.4, -0.2) is 49.5 Å². The number of carbonyl (C=O) groups excluding carboxylic acids is 1. The lowest BCUT2D eigenvalue weighted by Gasteiger charge is -2.36. The van der Waals surface area contributed by atoms with Gasteiger partial charge in [-0.15, -0.1) is 3.89 Å². The molecule has 1 aliphatic heterocycles. The van der Waals surface area contributed by atoms with Crippen molar-refractivity contribution in [2.75, 3.05) is 18.8 Å². The van der Waals surface area contributed by atoms with Gasteiger partial charge in [-0.1, -0.05) is 0 Å². The van der Waals surface area contributed by atoms with Gasteiger partial charge < -0.3 is 9.64 Å². The molecule has 1 fully saturated rings. The van der Waals surface area contributed by atoms with Crippen molar-refractivity contribution in [2.24, 2.45) is 0 Å². The number of hydrogen-bond acceptors (Lipinski definition) is 4. The van der Waals surface area contributed by atoms with Gasteiger partial charge in [0, 0.05) is 25.9 Å². The highest BCUT2D eigenvalue weighted by atomic mass is 32.3. The average molecular weight is 299 g/mol. The minimum absolute atomic E-state index is 0.0148. The summed E-state index contributed by atoms with van der Waals surface area (Å²) in [7, 11) is -4.86. The summed E-state index contributed by atoms with van der Waals surface area (Å²) >= 11 is 0. The minimum Gasteiger partial charge on any atom is -0.444 e. The number of hydrogen-bond donors (Lipinski definition) is 0. The smallest absolute Gasteiger partial charge is 0.410 e. The lowest BCUT2D eigenvalue weighted by molar-refractivity contribution is 0.00725. The van der Waals surface area contributed by atoms with Crippen LogP contribution in [0.1, 0.15) is 33.6 Å². The summed E-state index contributed by atoms with van der Waals surface area (Å²) in [6.45, 7) is 5.17. The molecule has 0 aromatic rings. The predicted molar refractivity (Wildman–Crippen MR) is 65.8 cm³/mol. The zero-order valence-electron chi connectivity index (χ0n) is 11.3. The molecule has 0 atom stereocenters. The molecule has 0 aromatic heterocycles. The van der Waals surface area contributed by atoms with Crippen molar-refractivity contribution in [3.8, 4) is 0 Å². The molecule has 1 saturated heterocycles. The molecular formula is C11H19F2NO4S. The largest absolute Gasteiger partial charge is 0.444 e. The van der Waals surface area contributed by atoms with Crippen LogP contribution in [0.15, 0.2) is 0 Å². The van der Waals surface area contributed by atoms with Gasteiger partial charge in [0.25, 0.3) is 0 Å². The van der Waals surface area contributed by atoms with Crippen molar-refractivity contribution < 1.29 is 26.2 Å². The van der Waals surface area contributed by atoms with Crippen LogP contribution >= 0.6 is 0 Å². The first-order chi connectivity index (χ1) is 8.40. The highest BCUT2D eigenvalue weighted by Gasteiger charge is 2.40. The Labute approximate surface area is 112 Å². The maximum absolute atomic E-state index is 14.0. The van der Waals surface area contributed by atoms with Crippen LogP contribution in [-0.2, 0) is 15.0 Å². The normalized spacial score (nSPS) is 20.2. The molecule has 1 amide bonds. The van der Waals surface area contributed by atoms with Crippen LogP contribution in [0, 0.1) is 0 Å². The van der Waals surface area contributed by atoms with E-state index >= 15 is 0 Å². The van der Waals surface area contributed by atoms with Crippen molar-refractivity contribution in [1.82, 2.24) is 4.90 Å². The van der Waals surface area contributed by atoms with Crippen molar-refractivity contribution in [3.63, 3.8) is 0 Å². The topological polar surface area (TPSA) is 63.7 Å². The van der Waals surface area contributed by atoms with E-state index in [1.807, 2.05) is 0 Å². The predicted octanol–water partition coefficient (Wildman–Crippen LogP) is 2.02. The van der Waals surface area contributed by atoms with E-state index in [4.69, 9.17) is 4.74 Å². The Morgan fingerprint density at radius 2 is 1.79 bits per heavy atom. The van der Waals surface area contributed by atoms with Gasteiger partial charge in [0.05, 0.1) is 0 Å². The van der Waals surface area contributed by atoms with Crippen LogP contribution in [0.5, 0.6) is 0 Å². The van der Waals surface area contributed by atoms with E-state index in [1.165, 1.54) is 4.90 Å². The summed E-state index contributed by atoms with van der Waals surface area (Å²) in [5.74, 6) is -1.15. The number of amides is 1. The van der Waals surface area contributed by atoms with Gasteiger partial charge in [0.1, 0.15) is 17.0 Å². The SMILES string of the molecule is CC(C)(C)OC(=O)N1CCC(F)(CS(=O)(=O)F)CC1. The molecule has 0 saturated carbocycles. The molecule has 0 aromatic carbocycles. The summed E-state index contributed by atoms with van der Waals surface area (Å²) in [6, 6.07) is 0. The zero-order chi connectivity index (χ0) is 14.9. The second-order valence-electron chi connectivity index (χ2n) is 5.80. The standard InChI is InChI=1S/C11H19F2NO4S/c1-10(2,3)18-9(15)14-6-4-11(12,5-7-14)8-19(13,16)17/h4-8H2,1-3H3. The zero-order valence-corrected chi connectivity index (χ0v) is 12.1. The Morgan fingerprint density at radius 1 is 1.32 bits per heavy atom. The molecule has 112 valence electrons. The second-order valence-corrected chi connectivity index (χ2v) is 7.17. The molecule has 0 aliphatic carbocycles. The summed E-state index contributed by atoms with van der Waals surface area (Å²) < 4.78 is 52.7. The van der Waals surface area contributed by atoms with Crippen molar-refractivity contribution >= 4 is 16.3 Å². The van der Waals surface area contributed by atoms with Crippen molar-refractivity contribution in [1.29, 1.82) is 0 Å². The lowest BCUT2D eigenvalue weighted by Crippen LogP contribution is -2.48. The molecule has 0 radical (unpaired) electrons. The number of likely N-dealkylation sites (tertiary alicyclic amines) is 1. The van der Waals surface area contributed by atoms with E-state index in [-0.39, 0.29) is 25.9 Å². The first-order valence-electron chi connectivity index (χ1n) is 5.99. The van der Waals surface area contributed by atoms with Gasteiger partial charge in [-0.3, -0.25) is 0 Å². The number of nitrogens with zero attached hydrogens (tertiary/aromatic N) is 1. The molecule has 0 spiro atoms. The molecule has 1 rings (SSSR count). The van der Waals surface area contributed by atoms with E-state index in [2.05, 4.69) is 0 Å². The summed E-state index contributed by atoms with van der Waals surface area (Å²) in [5, 5.41) is 0. The number of carbonyl (C=O) groups is 1. The second kappa shape index (κ2) is 5.22. The van der Waals surface area contributed by atoms with Gasteiger partial charge in [-0.05, 0) is 20.8 Å². The van der Waals surface area contributed by atoms with Crippen LogP contribution in [0.2, 0.25) is 0 Å². The molecule has 0 bridgehead atoms. The molecule has 0 N–H and O–H groups in total. The number of alkyl halides is 1. The van der Waals surface area contributed by atoms with Crippen LogP contribution in [0.3, 0.4) is 0 Å². The van der Waals surface area contributed by atoms with Crippen molar-refractivity contribution in [2.45, 2.75) is 44.9 Å². The first-order valence-corrected chi connectivity index (χ1v) is 7.55. The van der Waals surface area contributed by atoms with E-state index < -0.39 is 33.3 Å². The maximum Gasteiger partial charge on any atom is 0.410 e. The fourth-order valence-electron chi connectivity index (χ4n) is 1.87. The number of ether oxygens (including phenoxy) is 1. The van der Waals surface area contributed by atoms with Gasteiger partial charge >= 0.3 is 16.3 Å². The summed E-state index contributed by atoms with van der Waals surface area (Å²) in [4.78, 5) is 13.0. The number of rotatable bonds is 2. The molecule has 5 nitrogen and oxygen atoms in total. The third-order valence-electron chi connectivity index (χ3n) is 2.74. The summed E-state index contributed by atoms with van der Waals surface area (Å²) in [6.07, 6.45) is -0.997. The first kappa shape index (κ1) is 16.1. The van der Waals surface area contributed by atoms with Gasteiger partial charge in [-0.25, -0.2) is 9.18 Å². The Kier molecular flexibility index (Phi) is 4.44. The quantitative estimate of drug-likeness (QED) is 0.732. The Hall–Kier alpha value is -0.920. The van der Waals surface area contributed by atoms with E-state index in [0.717, 1.165) is 0 Å². The maximum atomic E-state index is 14.0. The van der Waals surface area contributed by atoms with E-state index in [9.17, 15) is 21.5 Å². The summed E-state index contributed by atoms with van der Waals surface area (Å²) in [5.41, 5.74) is -2.75. The Balaban J connectivity index is 2.55. The van der Waals surface area contributed by atoms with Crippen LogP contribution in [0.4, 0.5) is 13.1 Å². The molecule has 1 heterocycles. The van der Waals surface area contributed by atoms with Crippen LogP contribution < -0.4 is 0 Å². The monoisotopic (exact) mass is 299 g/mol. The fourth-order valence-corrected chi connectivity index (χ4v) is 2.78. The highest BCUT2D eigenvalue weighted by molar-refractivity contribution is 7.86. The minimum atomic E-state index is -4.86. The number of piperidine rings is 1. The van der Waals surface area contributed by atoms with Crippen molar-refractivity contribution in [3.05, 3.63) is 0 Å². The van der Waals surface area contributed by atoms with Gasteiger partial charge in [0.2, 0.25) is 0 Å². The highest BCUT2D eigenvalue weighted by Crippen LogP contribution is 2.29. The molecule has 0 unspecified atom stereocenters. The van der Waals surface area contributed by atoms with E-state index in [1.54, 1.807) is 20.8 Å². The Morgan fingerprint density at radius 3 is 2.16 bits per heavy atom. The third kappa shape index (κ3) is 5.71. The Bertz CT molecular complexity index is 436. The molecule has 19 heavy (non-hydrogen) atoms. The molecular weight excluding hydrogens is 280 g/mol. The molecule has 1 aliphatic rings. The fraction of sp³-hybridized carbons (Fsp3) is 0.909. The third-order valence-corrected chi connectivity index (χ3v) is 3.60. The van der Waals surface area contributed by atoms with E-state index in [0.29, 0.717) is 0 Å². The average Bonchev–Trinajstić information content (AvgIpc) is 2.11.